The largest absolute Gasteiger partial charge is 0.379 e. The van der Waals surface area contributed by atoms with Crippen LogP contribution in [0.2, 0.25) is 0 Å². The molecule has 0 rings (SSSR count). The van der Waals surface area contributed by atoms with Crippen LogP contribution in [0.4, 0.5) is 0 Å². The molecule has 4 N–H and O–H groups in total. The Balaban J connectivity index is 3.98. The molecule has 0 fully saturated rings. The second-order valence-corrected chi connectivity index (χ2v) is 3.55. The highest BCUT2D eigenvalue weighted by Gasteiger charge is 2.27. The summed E-state index contributed by atoms with van der Waals surface area (Å²) in [6, 6.07) is 0. The molecule has 0 heterocycles. The Morgan fingerprint density at radius 3 is 2.44 bits per heavy atom. The van der Waals surface area contributed by atoms with Gasteiger partial charge in [-0.3, -0.25) is 4.57 Å². The molecule has 2 atom stereocenters. The summed E-state index contributed by atoms with van der Waals surface area (Å²) in [6.45, 7) is -0.276. The Hall–Kier alpha value is 0.0700. The molecule has 56 valence electrons. The van der Waals surface area contributed by atoms with E-state index in [1.165, 1.54) is 0 Å². The van der Waals surface area contributed by atoms with Crippen molar-refractivity contribution < 1.29 is 19.1 Å². The van der Waals surface area contributed by atoms with E-state index in [1.807, 2.05) is 0 Å². The highest BCUT2D eigenvalue weighted by atomic mass is 31.2. The second kappa shape index (κ2) is 3.29. The van der Waals surface area contributed by atoms with Gasteiger partial charge in [0.05, 0.1) is 0 Å². The molecule has 0 aliphatic carbocycles. The van der Waals surface area contributed by atoms with E-state index in [-0.39, 0.29) is 6.54 Å². The van der Waals surface area contributed by atoms with E-state index in [0.717, 1.165) is 7.11 Å². The topological polar surface area (TPSA) is 92.8 Å². The molecular formula is C3H10NO4P. The predicted octanol–water partition coefficient (Wildman–Crippen LogP) is -0.905. The minimum absolute atomic E-state index is 0.276. The van der Waals surface area contributed by atoms with Gasteiger partial charge in [-0.2, -0.15) is 0 Å². The monoisotopic (exact) mass is 155 g/mol. The quantitative estimate of drug-likeness (QED) is 0.459. The predicted molar refractivity (Wildman–Crippen MR) is 31.9 cm³/mol. The number of nitrogens with two attached hydrogens (primary N) is 1. The Labute approximate surface area is 53.0 Å². The summed E-state index contributed by atoms with van der Waals surface area (Å²) in [6.07, 6.45) is 0. The maximum atomic E-state index is 10.5. The molecule has 0 aromatic carbocycles. The number of hydrogen-bond acceptors (Lipinski definition) is 4. The van der Waals surface area contributed by atoms with Gasteiger partial charge in [0.1, 0.15) is 0 Å². The van der Waals surface area contributed by atoms with E-state index in [9.17, 15) is 4.57 Å². The molecule has 0 aliphatic heterocycles. The second-order valence-electron chi connectivity index (χ2n) is 1.46. The van der Waals surface area contributed by atoms with Gasteiger partial charge in [0, 0.05) is 13.7 Å². The van der Waals surface area contributed by atoms with E-state index in [0.29, 0.717) is 0 Å². The van der Waals surface area contributed by atoms with Crippen molar-refractivity contribution >= 4 is 7.60 Å². The summed E-state index contributed by atoms with van der Waals surface area (Å²) in [5, 5.41) is 8.62. The molecule has 6 heteroatoms. The molecule has 0 amide bonds. The van der Waals surface area contributed by atoms with E-state index in [2.05, 4.69) is 4.52 Å². The summed E-state index contributed by atoms with van der Waals surface area (Å²) in [4.78, 5) is 8.60. The number of aliphatic hydroxyl groups is 1. The fourth-order valence-corrected chi connectivity index (χ4v) is 0.765. The number of hydrogen-bond donors (Lipinski definition) is 3. The van der Waals surface area contributed by atoms with Gasteiger partial charge in [-0.25, -0.2) is 0 Å². The van der Waals surface area contributed by atoms with Crippen LogP contribution in [0.1, 0.15) is 0 Å². The molecule has 0 saturated heterocycles. The van der Waals surface area contributed by atoms with Crippen LogP contribution in [0.5, 0.6) is 0 Å². The molecule has 2 unspecified atom stereocenters. The van der Waals surface area contributed by atoms with Crippen LogP contribution in [0, 0.1) is 0 Å². The first kappa shape index (κ1) is 9.07. The normalized spacial score (nSPS) is 20.9. The minimum Gasteiger partial charge on any atom is -0.379 e. The molecule has 0 aromatic rings. The Kier molecular flexibility index (Phi) is 3.32. The summed E-state index contributed by atoms with van der Waals surface area (Å²) < 4.78 is 14.6. The molecule has 0 aromatic heterocycles. The van der Waals surface area contributed by atoms with Gasteiger partial charge in [0.2, 0.25) is 0 Å². The molecule has 0 saturated carbocycles. The van der Waals surface area contributed by atoms with E-state index >= 15 is 0 Å². The molecule has 0 bridgehead atoms. The van der Waals surface area contributed by atoms with Gasteiger partial charge in [-0.05, 0) is 0 Å². The Morgan fingerprint density at radius 1 is 1.89 bits per heavy atom. The maximum Gasteiger partial charge on any atom is 0.357 e. The smallest absolute Gasteiger partial charge is 0.357 e. The van der Waals surface area contributed by atoms with E-state index < -0.39 is 13.4 Å². The van der Waals surface area contributed by atoms with Gasteiger partial charge in [-0.15, -0.1) is 0 Å². The first-order chi connectivity index (χ1) is 4.04. The molecule has 0 radical (unpaired) electrons. The summed E-state index contributed by atoms with van der Waals surface area (Å²) in [5.74, 6) is -1.47. The zero-order chi connectivity index (χ0) is 7.49. The molecule has 0 spiro atoms. The summed E-state index contributed by atoms with van der Waals surface area (Å²) in [5.41, 5.74) is 4.87. The Morgan fingerprint density at radius 2 is 2.33 bits per heavy atom. The van der Waals surface area contributed by atoms with Crippen LogP contribution in [0.3, 0.4) is 0 Å². The van der Waals surface area contributed by atoms with Crippen LogP contribution in [-0.4, -0.2) is 29.5 Å². The lowest BCUT2D eigenvalue weighted by molar-refractivity contribution is 0.194. The minimum atomic E-state index is -3.83. The molecular weight excluding hydrogens is 145 g/mol. The van der Waals surface area contributed by atoms with Crippen LogP contribution in [0.25, 0.3) is 0 Å². The highest BCUT2D eigenvalue weighted by molar-refractivity contribution is 7.53. The standard InChI is InChI=1S/C3H10NO4P/c1-8-9(6,7)3(5)2-4/h3,5H,2,4H2,1H3,(H,6,7). The molecule has 0 aliphatic rings. The SMILES string of the molecule is COP(=O)(O)C(O)CN. The first-order valence-corrected chi connectivity index (χ1v) is 3.95. The van der Waals surface area contributed by atoms with Crippen LogP contribution < -0.4 is 5.73 Å². The lowest BCUT2D eigenvalue weighted by Gasteiger charge is -2.12. The van der Waals surface area contributed by atoms with Crippen molar-refractivity contribution in [2.45, 2.75) is 5.85 Å². The zero-order valence-electron chi connectivity index (χ0n) is 5.02. The van der Waals surface area contributed by atoms with Gasteiger partial charge in [0.25, 0.3) is 0 Å². The lowest BCUT2D eigenvalue weighted by atomic mass is 10.7. The number of aliphatic hydroxyl groups excluding tert-OH is 1. The van der Waals surface area contributed by atoms with Crippen molar-refractivity contribution in [2.75, 3.05) is 13.7 Å². The first-order valence-electron chi connectivity index (χ1n) is 2.31. The van der Waals surface area contributed by atoms with Crippen molar-refractivity contribution in [2.24, 2.45) is 5.73 Å². The fraction of sp³-hybridized carbons (Fsp3) is 1.00. The highest BCUT2D eigenvalue weighted by Crippen LogP contribution is 2.44. The van der Waals surface area contributed by atoms with Crippen molar-refractivity contribution in [1.29, 1.82) is 0 Å². The van der Waals surface area contributed by atoms with Crippen molar-refractivity contribution in [3.05, 3.63) is 0 Å². The Bertz CT molecular complexity index is 127. The third-order valence-electron chi connectivity index (χ3n) is 0.849. The van der Waals surface area contributed by atoms with Crippen LogP contribution >= 0.6 is 7.60 Å². The van der Waals surface area contributed by atoms with Crippen molar-refractivity contribution in [3.8, 4) is 0 Å². The average molecular weight is 155 g/mol. The van der Waals surface area contributed by atoms with Gasteiger partial charge < -0.3 is 20.3 Å². The summed E-state index contributed by atoms with van der Waals surface area (Å²) >= 11 is 0. The molecule has 5 nitrogen and oxygen atoms in total. The fourth-order valence-electron chi connectivity index (χ4n) is 0.255. The van der Waals surface area contributed by atoms with E-state index in [1.54, 1.807) is 0 Å². The summed E-state index contributed by atoms with van der Waals surface area (Å²) in [7, 11) is -2.79. The number of rotatable bonds is 3. The van der Waals surface area contributed by atoms with Crippen molar-refractivity contribution in [3.63, 3.8) is 0 Å². The third-order valence-corrected chi connectivity index (χ3v) is 2.34. The van der Waals surface area contributed by atoms with Gasteiger partial charge in [-0.1, -0.05) is 0 Å². The molecule has 9 heavy (non-hydrogen) atoms. The zero-order valence-corrected chi connectivity index (χ0v) is 5.91. The third kappa shape index (κ3) is 2.43. The van der Waals surface area contributed by atoms with E-state index in [4.69, 9.17) is 15.7 Å². The van der Waals surface area contributed by atoms with Crippen LogP contribution in [0.15, 0.2) is 0 Å². The van der Waals surface area contributed by atoms with Crippen LogP contribution in [-0.2, 0) is 9.09 Å². The average Bonchev–Trinajstić information content (AvgIpc) is 1.86. The lowest BCUT2D eigenvalue weighted by Crippen LogP contribution is -2.20. The maximum absolute atomic E-state index is 10.5. The van der Waals surface area contributed by atoms with Gasteiger partial charge in [0.15, 0.2) is 5.85 Å². The van der Waals surface area contributed by atoms with Gasteiger partial charge >= 0.3 is 7.60 Å². The van der Waals surface area contributed by atoms with Crippen molar-refractivity contribution in [1.82, 2.24) is 0 Å².